The molecule has 0 saturated heterocycles. The maximum Gasteiger partial charge on any atom is 0.216 e. The lowest BCUT2D eigenvalue weighted by atomic mass is 10.1. The molecule has 12 nitrogen and oxygen atoms in total. The molecule has 586 valence electrons. The number of methoxy groups -OCH3 is 2. The first-order chi connectivity index (χ1) is 49.3. The summed E-state index contributed by atoms with van der Waals surface area (Å²) in [6, 6.07) is 63.0. The number of para-hydroxylation sites is 6. The van der Waals surface area contributed by atoms with Gasteiger partial charge in [0.05, 0.1) is 69.3 Å². The average molecular weight is 2360 g/mol. The summed E-state index contributed by atoms with van der Waals surface area (Å²) in [6.07, 6.45) is 46.8. The molecule has 0 aliphatic rings. The van der Waals surface area contributed by atoms with Crippen LogP contribution in [0.25, 0.3) is 65.4 Å². The third-order valence-electron chi connectivity index (χ3n) is 20.2. The zero-order chi connectivity index (χ0) is 69.4. The first kappa shape index (κ1) is 100. The maximum atomic E-state index is 6.12. The maximum absolute atomic E-state index is 6.12. The Morgan fingerprint density at radius 1 is 0.204 bits per heavy atom. The van der Waals surface area contributed by atoms with Crippen LogP contribution in [0.2, 0.25) is 0 Å². The molecule has 12 rings (SSSR count). The predicted octanol–water partition coefficient (Wildman–Crippen LogP) is 1.55. The average Bonchev–Trinajstić information content (AvgIpc) is 0.888. The van der Waals surface area contributed by atoms with Gasteiger partial charge in [0.1, 0.15) is 50.8 Å². The molecule has 0 aliphatic carbocycles. The molecular weight excluding hydrogens is 2240 g/mol. The van der Waals surface area contributed by atoms with Crippen LogP contribution in [0.5, 0.6) is 11.5 Å². The molecule has 0 amide bonds. The van der Waals surface area contributed by atoms with Crippen LogP contribution in [0.4, 0.5) is 22.7 Å². The van der Waals surface area contributed by atoms with E-state index in [0.717, 1.165) is 95.1 Å². The molecule has 108 heavy (non-hydrogen) atoms. The summed E-state index contributed by atoms with van der Waals surface area (Å²) in [4.78, 5) is 0. The van der Waals surface area contributed by atoms with Gasteiger partial charge >= 0.3 is 0 Å². The van der Waals surface area contributed by atoms with Crippen LogP contribution < -0.4 is 204 Å². The predicted molar refractivity (Wildman–Crippen MR) is 446 cm³/mol. The Kier molecular flexibility index (Phi) is 52.7. The molecule has 0 aliphatic heterocycles. The molecule has 6 aromatic heterocycles. The van der Waals surface area contributed by atoms with Crippen molar-refractivity contribution in [1.82, 2.24) is 0 Å². The fourth-order valence-corrected chi connectivity index (χ4v) is 14.5. The van der Waals surface area contributed by atoms with E-state index in [2.05, 4.69) is 222 Å². The Balaban J connectivity index is 0.000000531. The van der Waals surface area contributed by atoms with E-state index in [1.54, 1.807) is 14.2 Å². The second kappa shape index (κ2) is 56.6. The highest BCUT2D eigenvalue weighted by molar-refractivity contribution is 14.0. The number of halogens is 8. The first-order valence-corrected chi connectivity index (χ1v) is 37.9. The largest absolute Gasteiger partial charge is 1.00 e. The minimum Gasteiger partial charge on any atom is -1.00 e. The van der Waals surface area contributed by atoms with Gasteiger partial charge in [-0.1, -0.05) is 163 Å². The van der Waals surface area contributed by atoms with E-state index in [1.165, 1.54) is 211 Å². The molecule has 0 atom stereocenters. The Labute approximate surface area is 781 Å². The fraction of sp³-hybridized carbons (Fsp3) is 0.386. The lowest BCUT2D eigenvalue weighted by Crippen LogP contribution is -3.00. The summed E-state index contributed by atoms with van der Waals surface area (Å²) in [5.74, 6) is 1.90. The van der Waals surface area contributed by atoms with Gasteiger partial charge in [0.15, 0.2) is 37.2 Å². The van der Waals surface area contributed by atoms with Crippen LogP contribution in [0, 0.1) is 0 Å². The number of nitrogen functional groups attached to an aromatic ring is 4. The van der Waals surface area contributed by atoms with Crippen LogP contribution in [0.3, 0.4) is 0 Å². The van der Waals surface area contributed by atoms with E-state index in [9.17, 15) is 0 Å². The number of ether oxygens (including phenoxy) is 2. The lowest BCUT2D eigenvalue weighted by molar-refractivity contribution is -0.672. The highest BCUT2D eigenvalue weighted by Gasteiger charge is 2.17. The number of hydrogen-bond acceptors (Lipinski definition) is 6. The first-order valence-electron chi connectivity index (χ1n) is 37.9. The Morgan fingerprint density at radius 2 is 0.352 bits per heavy atom. The highest BCUT2D eigenvalue weighted by Crippen LogP contribution is 2.26. The summed E-state index contributed by atoms with van der Waals surface area (Å²) in [6.45, 7) is 6.40. The molecule has 6 heterocycles. The topological polar surface area (TPSA) is 146 Å². The van der Waals surface area contributed by atoms with Crippen molar-refractivity contribution in [1.29, 1.82) is 0 Å². The summed E-state index contributed by atoms with van der Waals surface area (Å²) in [7, 11) is 3.48. The molecule has 8 N–H and O–H groups in total. The number of benzene rings is 6. The van der Waals surface area contributed by atoms with E-state index >= 15 is 0 Å². The molecular formula is C88H116I8N10O2. The SMILES string of the molecule is COc1cc[n+](CCCCCCCCCC[n+]2ccc(OC)c3ccccc32)c2ccccc12.I.I.Nc1cc[n+](CCCCCCCCCCCC[n+]2ccc(N)c3ccccc32)c2ccccc12.Nc1cc[n+](CCCCCCCCCC[n+]2ccc(N)c3ccccc32)c2ccccc12.[I-].[I-].[I-].[I-].[I-].[I-]. The highest BCUT2D eigenvalue weighted by atomic mass is 127. The monoisotopic (exact) mass is 2360 g/mol. The van der Waals surface area contributed by atoms with Gasteiger partial charge in [-0.2, -0.15) is 27.4 Å². The van der Waals surface area contributed by atoms with Crippen molar-refractivity contribution in [2.75, 3.05) is 37.2 Å². The second-order valence-corrected chi connectivity index (χ2v) is 27.3. The van der Waals surface area contributed by atoms with Crippen LogP contribution in [0.1, 0.15) is 167 Å². The Hall–Kier alpha value is -3.58. The van der Waals surface area contributed by atoms with E-state index < -0.39 is 0 Å². The molecule has 0 fully saturated rings. The molecule has 20 heteroatoms. The zero-order valence-corrected chi connectivity index (χ0v) is 80.9. The molecule has 0 spiro atoms. The van der Waals surface area contributed by atoms with Gasteiger partial charge in [-0.15, -0.1) is 48.0 Å². The normalized spacial score (nSPS) is 10.5. The smallest absolute Gasteiger partial charge is 0.216 e. The fourth-order valence-electron chi connectivity index (χ4n) is 14.5. The third kappa shape index (κ3) is 30.6. The minimum absolute atomic E-state index is 0. The van der Waals surface area contributed by atoms with E-state index in [4.69, 9.17) is 32.4 Å². The number of hydrogen-bond donors (Lipinski definition) is 4. The van der Waals surface area contributed by atoms with Gasteiger partial charge in [0, 0.05) is 111 Å². The minimum atomic E-state index is 0. The van der Waals surface area contributed by atoms with Crippen molar-refractivity contribution in [3.63, 3.8) is 0 Å². The van der Waals surface area contributed by atoms with Crippen molar-refractivity contribution >= 4 is 136 Å². The number of rotatable bonds is 37. The number of anilines is 4. The van der Waals surface area contributed by atoms with Crippen LogP contribution in [-0.2, 0) is 39.3 Å². The second-order valence-electron chi connectivity index (χ2n) is 27.3. The van der Waals surface area contributed by atoms with Gasteiger partial charge in [-0.25, -0.2) is 0 Å². The number of nitrogens with zero attached hydrogens (tertiary/aromatic N) is 6. The number of aromatic nitrogens is 6. The number of unbranched alkanes of at least 4 members (excludes halogenated alkanes) is 23. The van der Waals surface area contributed by atoms with Gasteiger partial charge in [0.2, 0.25) is 33.1 Å². The van der Waals surface area contributed by atoms with Crippen molar-refractivity contribution in [2.24, 2.45) is 0 Å². The molecule has 0 radical (unpaired) electrons. The van der Waals surface area contributed by atoms with Crippen LogP contribution in [-0.4, -0.2) is 14.2 Å². The van der Waals surface area contributed by atoms with Crippen LogP contribution in [0.15, 0.2) is 219 Å². The van der Waals surface area contributed by atoms with Gasteiger partial charge < -0.3 is 176 Å². The number of pyridine rings is 6. The summed E-state index contributed by atoms with van der Waals surface area (Å²) in [5.41, 5.74) is 35.4. The van der Waals surface area contributed by atoms with Crippen molar-refractivity contribution in [3.8, 4) is 11.5 Å². The zero-order valence-electron chi connectivity index (χ0n) is 63.3. The molecule has 6 aromatic carbocycles. The quantitative estimate of drug-likeness (QED) is 0.0265. The van der Waals surface area contributed by atoms with E-state index in [1.807, 2.05) is 24.3 Å². The van der Waals surface area contributed by atoms with Crippen molar-refractivity contribution in [2.45, 2.75) is 206 Å². The number of fused-ring (bicyclic) bond motifs is 6. The van der Waals surface area contributed by atoms with E-state index in [0.29, 0.717) is 0 Å². The van der Waals surface area contributed by atoms with Crippen LogP contribution >= 0.6 is 48.0 Å². The third-order valence-corrected chi connectivity index (χ3v) is 20.2. The van der Waals surface area contributed by atoms with Crippen molar-refractivity contribution < 1.29 is 181 Å². The molecule has 0 unspecified atom stereocenters. The van der Waals surface area contributed by atoms with Gasteiger partial charge in [0.25, 0.3) is 0 Å². The lowest BCUT2D eigenvalue weighted by Gasteiger charge is -2.06. The summed E-state index contributed by atoms with van der Waals surface area (Å²) in [5, 5.41) is 7.00. The molecule has 0 saturated carbocycles. The van der Waals surface area contributed by atoms with Crippen molar-refractivity contribution in [3.05, 3.63) is 219 Å². The molecule has 12 aromatic rings. The summed E-state index contributed by atoms with van der Waals surface area (Å²) < 4.78 is 25.1. The van der Waals surface area contributed by atoms with E-state index in [-0.39, 0.29) is 192 Å². The summed E-state index contributed by atoms with van der Waals surface area (Å²) >= 11 is 0. The number of aryl methyl sites for hydroxylation is 6. The van der Waals surface area contributed by atoms with Gasteiger partial charge in [-0.05, 0) is 74.9 Å². The Bertz CT molecular complexity index is 4240. The number of nitrogens with two attached hydrogens (primary N) is 4. The standard InChI is InChI=1S/C30H38N4.C30H38N2O2.C28H34N4.8HI/c31-27-19-23-33(29-17-11-9-15-25(27)29)21-13-7-5-3-1-2-4-6-8-14-22-34-24-20-28(32)26-16-10-12-18-30(26)34;1-33-29-19-23-31(27-17-11-9-15-25(27)29)21-13-7-5-3-4-6-8-14-22-32-24-20-30(34-2)26-16-10-12-18-28(26)32;29-25-17-21-31(27-15-9-7-13-23(25)27)19-11-5-3-1-2-4-6-12-20-32-22-18-26(30)24-14-8-10-16-28(24)32;;;;;;;;/h9-12,15-20,23-24,31-32H,1-8,13-14,21-22H2;9-12,15-20,23-24H,3-8,13-14,21-22H2,1-2H3;7-10,13-18,21-22,29-30H,1-6,11-12,19-20H2;8*1H/q;+2;;;;;;;;;/p-2. The Morgan fingerprint density at radius 3 is 0.537 bits per heavy atom. The molecule has 0 bridgehead atoms. The van der Waals surface area contributed by atoms with Gasteiger partial charge in [-0.3, -0.25) is 0 Å².